The molecular formula is C28H46O4. The normalized spacial score (nSPS) is 11.0. The van der Waals surface area contributed by atoms with Crippen molar-refractivity contribution in [2.75, 3.05) is 0 Å². The minimum atomic E-state index is -0.678. The Kier molecular flexibility index (Phi) is 16.5. The molecule has 0 aliphatic carbocycles. The van der Waals surface area contributed by atoms with Gasteiger partial charge in [0.05, 0.1) is 0 Å². The van der Waals surface area contributed by atoms with Crippen molar-refractivity contribution >= 4 is 11.9 Å². The highest BCUT2D eigenvalue weighted by Crippen LogP contribution is 2.20. The van der Waals surface area contributed by atoms with Crippen LogP contribution in [0.3, 0.4) is 0 Å². The highest BCUT2D eigenvalue weighted by atomic mass is 16.4. The molecule has 0 unspecified atom stereocenters. The predicted octanol–water partition coefficient (Wildman–Crippen LogP) is 7.74. The molecule has 1 aromatic rings. The van der Waals surface area contributed by atoms with Crippen LogP contribution in [-0.2, 0) is 28.9 Å². The van der Waals surface area contributed by atoms with E-state index in [1.54, 1.807) is 5.56 Å². The number of carboxylic acid groups (broad SMARTS) is 2. The van der Waals surface area contributed by atoms with Crippen molar-refractivity contribution in [2.45, 2.75) is 129 Å². The third-order valence-corrected chi connectivity index (χ3v) is 6.35. The van der Waals surface area contributed by atoms with Crippen LogP contribution in [0, 0.1) is 0 Å². The Morgan fingerprint density at radius 2 is 1.00 bits per heavy atom. The van der Waals surface area contributed by atoms with Gasteiger partial charge in [-0.3, -0.25) is 9.59 Å². The van der Waals surface area contributed by atoms with Gasteiger partial charge in [0.15, 0.2) is 0 Å². The molecule has 0 heterocycles. The maximum Gasteiger partial charge on any atom is 0.303 e. The Labute approximate surface area is 195 Å². The van der Waals surface area contributed by atoms with E-state index >= 15 is 0 Å². The third kappa shape index (κ3) is 15.0. The number of rotatable bonds is 21. The van der Waals surface area contributed by atoms with Crippen molar-refractivity contribution in [2.24, 2.45) is 0 Å². The lowest BCUT2D eigenvalue weighted by molar-refractivity contribution is -0.138. The van der Waals surface area contributed by atoms with Gasteiger partial charge in [-0.25, -0.2) is 0 Å². The first-order valence-corrected chi connectivity index (χ1v) is 13.1. The van der Waals surface area contributed by atoms with Gasteiger partial charge in [0.25, 0.3) is 0 Å². The quantitative estimate of drug-likeness (QED) is 0.189. The molecule has 0 fully saturated rings. The van der Waals surface area contributed by atoms with Crippen LogP contribution in [-0.4, -0.2) is 22.2 Å². The number of carboxylic acids is 2. The monoisotopic (exact) mass is 446 g/mol. The summed E-state index contributed by atoms with van der Waals surface area (Å²) in [4.78, 5) is 21.1. The SMILES string of the molecule is CCc1ccc(CCCCCCCCCC(=O)O)c(CCCCCCCCCC(=O)O)c1. The van der Waals surface area contributed by atoms with Gasteiger partial charge in [-0.2, -0.15) is 0 Å². The van der Waals surface area contributed by atoms with E-state index in [-0.39, 0.29) is 0 Å². The lowest BCUT2D eigenvalue weighted by Gasteiger charge is -2.12. The second-order valence-electron chi connectivity index (χ2n) is 9.19. The Hall–Kier alpha value is -1.84. The van der Waals surface area contributed by atoms with Crippen LogP contribution in [0.1, 0.15) is 126 Å². The van der Waals surface area contributed by atoms with E-state index in [0.717, 1.165) is 44.9 Å². The fourth-order valence-electron chi connectivity index (χ4n) is 4.33. The summed E-state index contributed by atoms with van der Waals surface area (Å²) in [7, 11) is 0. The Bertz CT molecular complexity index is 638. The van der Waals surface area contributed by atoms with Crippen LogP contribution >= 0.6 is 0 Å². The first kappa shape index (κ1) is 28.2. The van der Waals surface area contributed by atoms with Gasteiger partial charge in [-0.15, -0.1) is 0 Å². The fourth-order valence-corrected chi connectivity index (χ4v) is 4.33. The maximum atomic E-state index is 10.5. The first-order valence-electron chi connectivity index (χ1n) is 13.1. The Morgan fingerprint density at radius 3 is 1.44 bits per heavy atom. The van der Waals surface area contributed by atoms with Crippen molar-refractivity contribution in [1.82, 2.24) is 0 Å². The fraction of sp³-hybridized carbons (Fsp3) is 0.714. The lowest BCUT2D eigenvalue weighted by Crippen LogP contribution is -1.98. The Morgan fingerprint density at radius 1 is 0.594 bits per heavy atom. The summed E-state index contributed by atoms with van der Waals surface area (Å²) in [6, 6.07) is 7.06. The van der Waals surface area contributed by atoms with E-state index in [1.165, 1.54) is 75.3 Å². The number of hydrogen-bond donors (Lipinski definition) is 2. The summed E-state index contributed by atoms with van der Waals surface area (Å²) in [5.74, 6) is -1.36. The number of hydrogen-bond acceptors (Lipinski definition) is 2. The van der Waals surface area contributed by atoms with E-state index in [4.69, 9.17) is 10.2 Å². The summed E-state index contributed by atoms with van der Waals surface area (Å²) in [5.41, 5.74) is 4.50. The van der Waals surface area contributed by atoms with Crippen molar-refractivity contribution in [3.63, 3.8) is 0 Å². The topological polar surface area (TPSA) is 74.6 Å². The van der Waals surface area contributed by atoms with Gasteiger partial charge in [-0.1, -0.05) is 89.3 Å². The number of unbranched alkanes of at least 4 members (excludes halogenated alkanes) is 12. The molecule has 4 nitrogen and oxygen atoms in total. The standard InChI is InChI=1S/C28H46O4/c1-2-24-21-22-25(17-13-9-5-3-7-11-15-19-27(29)30)26(23-24)18-14-10-6-4-8-12-16-20-28(31)32/h21-23H,2-20H2,1H3,(H,29,30)(H,31,32). The zero-order chi connectivity index (χ0) is 23.4. The number of aryl methyl sites for hydroxylation is 3. The minimum Gasteiger partial charge on any atom is -0.481 e. The smallest absolute Gasteiger partial charge is 0.303 e. The second-order valence-corrected chi connectivity index (χ2v) is 9.19. The molecule has 182 valence electrons. The average molecular weight is 447 g/mol. The molecule has 0 aliphatic rings. The molecule has 0 atom stereocenters. The molecule has 0 spiro atoms. The lowest BCUT2D eigenvalue weighted by atomic mass is 9.94. The van der Waals surface area contributed by atoms with Crippen LogP contribution in [0.4, 0.5) is 0 Å². The molecule has 1 aromatic carbocycles. The van der Waals surface area contributed by atoms with Crippen molar-refractivity contribution < 1.29 is 19.8 Å². The molecule has 0 aliphatic heterocycles. The molecule has 0 saturated carbocycles. The number of benzene rings is 1. The molecular weight excluding hydrogens is 400 g/mol. The molecule has 0 radical (unpaired) electrons. The molecule has 0 bridgehead atoms. The second kappa shape index (κ2) is 18.7. The van der Waals surface area contributed by atoms with Crippen LogP contribution in [0.5, 0.6) is 0 Å². The van der Waals surface area contributed by atoms with Crippen molar-refractivity contribution in [3.8, 4) is 0 Å². The van der Waals surface area contributed by atoms with Crippen LogP contribution in [0.15, 0.2) is 18.2 Å². The van der Waals surface area contributed by atoms with E-state index in [2.05, 4.69) is 25.1 Å². The van der Waals surface area contributed by atoms with Crippen molar-refractivity contribution in [1.29, 1.82) is 0 Å². The zero-order valence-corrected chi connectivity index (χ0v) is 20.4. The van der Waals surface area contributed by atoms with E-state index in [9.17, 15) is 9.59 Å². The highest BCUT2D eigenvalue weighted by molar-refractivity contribution is 5.66. The minimum absolute atomic E-state index is 0.309. The molecule has 0 aromatic heterocycles. The van der Waals surface area contributed by atoms with Gasteiger partial charge in [-0.05, 0) is 61.6 Å². The van der Waals surface area contributed by atoms with Gasteiger partial charge in [0, 0.05) is 12.8 Å². The van der Waals surface area contributed by atoms with Gasteiger partial charge in [0.1, 0.15) is 0 Å². The average Bonchev–Trinajstić information content (AvgIpc) is 2.76. The number of carbonyl (C=O) groups is 2. The van der Waals surface area contributed by atoms with Gasteiger partial charge in [0.2, 0.25) is 0 Å². The van der Waals surface area contributed by atoms with E-state index < -0.39 is 11.9 Å². The van der Waals surface area contributed by atoms with Crippen molar-refractivity contribution in [3.05, 3.63) is 34.9 Å². The zero-order valence-electron chi connectivity index (χ0n) is 20.4. The molecule has 0 amide bonds. The molecule has 32 heavy (non-hydrogen) atoms. The summed E-state index contributed by atoms with van der Waals surface area (Å²) in [6.45, 7) is 2.22. The summed E-state index contributed by atoms with van der Waals surface area (Å²) < 4.78 is 0. The van der Waals surface area contributed by atoms with E-state index in [0.29, 0.717) is 12.8 Å². The predicted molar refractivity (Wildman–Crippen MR) is 132 cm³/mol. The largest absolute Gasteiger partial charge is 0.481 e. The summed E-state index contributed by atoms with van der Waals surface area (Å²) >= 11 is 0. The Balaban J connectivity index is 2.21. The maximum absolute atomic E-state index is 10.5. The molecule has 1 rings (SSSR count). The van der Waals surface area contributed by atoms with Crippen LogP contribution in [0.2, 0.25) is 0 Å². The van der Waals surface area contributed by atoms with Gasteiger partial charge >= 0.3 is 11.9 Å². The van der Waals surface area contributed by atoms with Gasteiger partial charge < -0.3 is 10.2 Å². The molecule has 0 saturated heterocycles. The first-order chi connectivity index (χ1) is 15.5. The van der Waals surface area contributed by atoms with Crippen LogP contribution in [0.25, 0.3) is 0 Å². The summed E-state index contributed by atoms with van der Waals surface area (Å²) in [6.07, 6.45) is 20.0. The summed E-state index contributed by atoms with van der Waals surface area (Å²) in [5, 5.41) is 17.3. The third-order valence-electron chi connectivity index (χ3n) is 6.35. The highest BCUT2D eigenvalue weighted by Gasteiger charge is 2.05. The number of aliphatic carboxylic acids is 2. The molecule has 4 heteroatoms. The van der Waals surface area contributed by atoms with Crippen LogP contribution < -0.4 is 0 Å². The molecule has 2 N–H and O–H groups in total. The van der Waals surface area contributed by atoms with E-state index in [1.807, 2.05) is 0 Å².